The first-order chi connectivity index (χ1) is 10.9. The molecule has 4 nitrogen and oxygen atoms in total. The highest BCUT2D eigenvalue weighted by atomic mass is 32.2. The van der Waals surface area contributed by atoms with E-state index in [0.29, 0.717) is 10.7 Å². The van der Waals surface area contributed by atoms with E-state index in [0.717, 1.165) is 23.9 Å². The lowest BCUT2D eigenvalue weighted by molar-refractivity contribution is -0.137. The molecule has 0 aliphatic heterocycles. The molecule has 0 saturated carbocycles. The minimum absolute atomic E-state index is 0.0322. The van der Waals surface area contributed by atoms with Crippen molar-refractivity contribution in [1.29, 1.82) is 0 Å². The largest absolute Gasteiger partial charge is 0.467 e. The predicted molar refractivity (Wildman–Crippen MR) is 78.8 cm³/mol. The van der Waals surface area contributed by atoms with E-state index in [2.05, 4.69) is 5.32 Å². The number of rotatable bonds is 6. The summed E-state index contributed by atoms with van der Waals surface area (Å²) in [6.45, 7) is -0.0322. The van der Waals surface area contributed by atoms with Crippen molar-refractivity contribution in [2.24, 2.45) is 0 Å². The summed E-state index contributed by atoms with van der Waals surface area (Å²) in [6.07, 6.45) is -3.97. The lowest BCUT2D eigenvalue weighted by atomic mass is 10.2. The van der Waals surface area contributed by atoms with Crippen molar-refractivity contribution in [3.63, 3.8) is 0 Å². The molecule has 1 aromatic carbocycles. The summed E-state index contributed by atoms with van der Waals surface area (Å²) >= 11 is 0.991. The van der Waals surface area contributed by atoms with Crippen molar-refractivity contribution in [1.82, 2.24) is 5.32 Å². The van der Waals surface area contributed by atoms with Crippen LogP contribution in [0.5, 0.6) is 0 Å². The molecular weight excluding hydrogens is 331 g/mol. The Morgan fingerprint density at radius 1 is 1.30 bits per heavy atom. The predicted octanol–water partition coefficient (Wildman–Crippen LogP) is 3.24. The van der Waals surface area contributed by atoms with Crippen LogP contribution in [-0.2, 0) is 11.0 Å². The van der Waals surface area contributed by atoms with Crippen LogP contribution in [0.15, 0.2) is 52.0 Å². The summed E-state index contributed by atoms with van der Waals surface area (Å²) in [4.78, 5) is 12.0. The summed E-state index contributed by atoms with van der Waals surface area (Å²) in [5.74, 6) is -0.111. The Morgan fingerprint density at radius 2 is 2.09 bits per heavy atom. The topological polar surface area (TPSA) is 62.5 Å². The third-order valence-corrected chi connectivity index (χ3v) is 3.89. The molecule has 23 heavy (non-hydrogen) atoms. The van der Waals surface area contributed by atoms with E-state index >= 15 is 0 Å². The zero-order chi connectivity index (χ0) is 16.9. The van der Waals surface area contributed by atoms with Gasteiger partial charge >= 0.3 is 6.18 Å². The number of hydrogen-bond acceptors (Lipinski definition) is 4. The maximum Gasteiger partial charge on any atom is 0.416 e. The maximum absolute atomic E-state index is 12.6. The quantitative estimate of drug-likeness (QED) is 0.789. The van der Waals surface area contributed by atoms with Gasteiger partial charge in [-0.1, -0.05) is 6.07 Å². The minimum Gasteiger partial charge on any atom is -0.467 e. The second-order valence-corrected chi connectivity index (χ2v) is 5.70. The first kappa shape index (κ1) is 17.4. The third-order valence-electron chi connectivity index (χ3n) is 2.90. The van der Waals surface area contributed by atoms with Gasteiger partial charge in [0.2, 0.25) is 5.91 Å². The van der Waals surface area contributed by atoms with E-state index in [-0.39, 0.29) is 12.3 Å². The van der Waals surface area contributed by atoms with Gasteiger partial charge < -0.3 is 14.8 Å². The fourth-order valence-corrected chi connectivity index (χ4v) is 2.54. The van der Waals surface area contributed by atoms with Crippen molar-refractivity contribution >= 4 is 17.7 Å². The minimum atomic E-state index is -4.41. The first-order valence-electron chi connectivity index (χ1n) is 6.64. The average Bonchev–Trinajstić information content (AvgIpc) is 3.04. The van der Waals surface area contributed by atoms with Crippen molar-refractivity contribution < 1.29 is 27.5 Å². The molecule has 1 unspecified atom stereocenters. The van der Waals surface area contributed by atoms with E-state index in [4.69, 9.17) is 4.42 Å². The van der Waals surface area contributed by atoms with Gasteiger partial charge in [0.05, 0.1) is 24.1 Å². The van der Waals surface area contributed by atoms with Gasteiger partial charge in [-0.3, -0.25) is 4.79 Å². The zero-order valence-corrected chi connectivity index (χ0v) is 12.7. The number of benzene rings is 1. The number of halogens is 3. The Labute approximate surface area is 134 Å². The lowest BCUT2D eigenvalue weighted by Gasteiger charge is -2.10. The summed E-state index contributed by atoms with van der Waals surface area (Å²) in [5.41, 5.74) is -0.754. The molecule has 124 valence electrons. The highest BCUT2D eigenvalue weighted by Crippen LogP contribution is 2.31. The Kier molecular flexibility index (Phi) is 5.73. The fourth-order valence-electron chi connectivity index (χ4n) is 1.75. The first-order valence-corrected chi connectivity index (χ1v) is 7.63. The number of aliphatic hydroxyl groups excluding tert-OH is 1. The number of nitrogens with one attached hydrogen (secondary N) is 1. The Bertz CT molecular complexity index is 644. The monoisotopic (exact) mass is 345 g/mol. The van der Waals surface area contributed by atoms with Crippen LogP contribution in [0.4, 0.5) is 13.2 Å². The average molecular weight is 345 g/mol. The van der Waals surface area contributed by atoms with Crippen LogP contribution in [0.3, 0.4) is 0 Å². The lowest BCUT2D eigenvalue weighted by Crippen LogP contribution is -2.29. The van der Waals surface area contributed by atoms with Crippen LogP contribution in [0.25, 0.3) is 0 Å². The normalized spacial score (nSPS) is 12.9. The molecule has 0 aliphatic carbocycles. The standard InChI is InChI=1S/C15H14F3NO3S/c16-15(17,18)10-3-1-4-11(7-10)23-9-14(21)19-8-12(20)13-5-2-6-22-13/h1-7,12,20H,8-9H2,(H,19,21). The number of amides is 1. The summed E-state index contributed by atoms with van der Waals surface area (Å²) in [6, 6.07) is 7.96. The van der Waals surface area contributed by atoms with Crippen LogP contribution < -0.4 is 5.32 Å². The Hall–Kier alpha value is -1.93. The van der Waals surface area contributed by atoms with Crippen molar-refractivity contribution in [3.05, 3.63) is 54.0 Å². The number of carbonyl (C=O) groups is 1. The van der Waals surface area contributed by atoms with Crippen molar-refractivity contribution in [3.8, 4) is 0 Å². The Morgan fingerprint density at radius 3 is 2.74 bits per heavy atom. The molecule has 0 bridgehead atoms. The van der Waals surface area contributed by atoms with Gasteiger partial charge in [0.1, 0.15) is 11.9 Å². The van der Waals surface area contributed by atoms with Crippen molar-refractivity contribution in [2.45, 2.75) is 17.2 Å². The SMILES string of the molecule is O=C(CSc1cccc(C(F)(F)F)c1)NCC(O)c1ccco1. The summed E-state index contributed by atoms with van der Waals surface area (Å²) in [7, 11) is 0. The molecule has 1 heterocycles. The van der Waals surface area contributed by atoms with Gasteiger partial charge in [0.25, 0.3) is 0 Å². The van der Waals surface area contributed by atoms with Crippen LogP contribution in [0.1, 0.15) is 17.4 Å². The van der Waals surface area contributed by atoms with Crippen molar-refractivity contribution in [2.75, 3.05) is 12.3 Å². The van der Waals surface area contributed by atoms with E-state index < -0.39 is 23.8 Å². The fraction of sp³-hybridized carbons (Fsp3) is 0.267. The number of furan rings is 1. The van der Waals surface area contributed by atoms with Crippen LogP contribution >= 0.6 is 11.8 Å². The van der Waals surface area contributed by atoms with Crippen LogP contribution in [0.2, 0.25) is 0 Å². The highest BCUT2D eigenvalue weighted by molar-refractivity contribution is 8.00. The van der Waals surface area contributed by atoms with Crippen LogP contribution in [-0.4, -0.2) is 23.3 Å². The molecule has 0 spiro atoms. The van der Waals surface area contributed by atoms with Gasteiger partial charge in [-0.2, -0.15) is 13.2 Å². The van der Waals surface area contributed by atoms with Gasteiger partial charge in [0.15, 0.2) is 0 Å². The number of thioether (sulfide) groups is 1. The molecule has 2 aromatic rings. The van der Waals surface area contributed by atoms with E-state index in [1.54, 1.807) is 12.1 Å². The molecule has 1 amide bonds. The second kappa shape index (κ2) is 7.56. The van der Waals surface area contributed by atoms with Crippen LogP contribution in [0, 0.1) is 0 Å². The van der Waals surface area contributed by atoms with Gasteiger partial charge in [-0.25, -0.2) is 0 Å². The van der Waals surface area contributed by atoms with E-state index in [1.807, 2.05) is 0 Å². The maximum atomic E-state index is 12.6. The molecular formula is C15H14F3NO3S. The molecule has 1 atom stereocenters. The summed E-state index contributed by atoms with van der Waals surface area (Å²) in [5, 5.41) is 12.2. The molecule has 2 N–H and O–H groups in total. The van der Waals surface area contributed by atoms with E-state index in [1.165, 1.54) is 18.4 Å². The number of hydrogen-bond donors (Lipinski definition) is 2. The van der Waals surface area contributed by atoms with Gasteiger partial charge in [-0.05, 0) is 30.3 Å². The van der Waals surface area contributed by atoms with E-state index in [9.17, 15) is 23.1 Å². The zero-order valence-electron chi connectivity index (χ0n) is 11.8. The Balaban J connectivity index is 1.80. The van der Waals surface area contributed by atoms with Gasteiger partial charge in [-0.15, -0.1) is 11.8 Å². The molecule has 0 saturated heterocycles. The molecule has 1 aromatic heterocycles. The summed E-state index contributed by atoms with van der Waals surface area (Å²) < 4.78 is 42.7. The number of aliphatic hydroxyl groups is 1. The number of alkyl halides is 3. The number of carbonyl (C=O) groups excluding carboxylic acids is 1. The van der Waals surface area contributed by atoms with Gasteiger partial charge in [0, 0.05) is 4.90 Å². The molecule has 0 radical (unpaired) electrons. The molecule has 2 rings (SSSR count). The second-order valence-electron chi connectivity index (χ2n) is 4.65. The smallest absolute Gasteiger partial charge is 0.416 e. The molecule has 0 aliphatic rings. The highest BCUT2D eigenvalue weighted by Gasteiger charge is 2.30. The molecule has 8 heteroatoms. The third kappa shape index (κ3) is 5.33. The molecule has 0 fully saturated rings.